The Balaban J connectivity index is 1.50. The fraction of sp³-hybridized carbons (Fsp3) is 0.714. The predicted octanol–water partition coefficient (Wildman–Crippen LogP) is -0.0131. The molecule has 0 radical (unpaired) electrons. The third-order valence-corrected chi connectivity index (χ3v) is 5.49. The molecule has 1 amide bonds. The number of hydrogen-bond donors (Lipinski definition) is 2. The maximum Gasteiger partial charge on any atom is 0.273 e. The third kappa shape index (κ3) is 2.77. The van der Waals surface area contributed by atoms with Crippen LogP contribution in [-0.2, 0) is 14.8 Å². The molecule has 3 aliphatic rings. The Kier molecular flexibility index (Phi) is 3.47. The number of rotatable bonds is 5. The van der Waals surface area contributed by atoms with Crippen LogP contribution in [0, 0.1) is 5.92 Å². The Labute approximate surface area is 134 Å². The number of carbonyl (C=O) groups is 1. The summed E-state index contributed by atoms with van der Waals surface area (Å²) in [6.07, 6.45) is 5.06. The molecule has 9 heteroatoms. The van der Waals surface area contributed by atoms with Crippen molar-refractivity contribution in [1.82, 2.24) is 15.0 Å². The van der Waals surface area contributed by atoms with E-state index in [1.165, 1.54) is 6.39 Å². The van der Waals surface area contributed by atoms with Gasteiger partial charge in [-0.2, -0.15) is 0 Å². The Bertz CT molecular complexity index is 727. The monoisotopic (exact) mass is 341 g/mol. The van der Waals surface area contributed by atoms with Crippen LogP contribution in [0.2, 0.25) is 0 Å². The van der Waals surface area contributed by atoms with E-state index in [4.69, 9.17) is 9.15 Å². The van der Waals surface area contributed by atoms with E-state index < -0.39 is 16.1 Å². The standard InChI is InChI=1S/C14H19N3O5S/c1-23(19,20)17-10-9(8-4-5-21-13(8)10)16-14(18)11-12(7-2-3-7)22-6-15-11/h6-10,13,17H,2-5H2,1H3,(H,16,18)/t8-,9+,10-,13-/m0/s1. The van der Waals surface area contributed by atoms with E-state index >= 15 is 0 Å². The zero-order valence-corrected chi connectivity index (χ0v) is 13.5. The molecule has 0 spiro atoms. The van der Waals surface area contributed by atoms with Crippen LogP contribution in [0.4, 0.5) is 0 Å². The van der Waals surface area contributed by atoms with Crippen molar-refractivity contribution >= 4 is 15.9 Å². The highest BCUT2D eigenvalue weighted by molar-refractivity contribution is 7.88. The van der Waals surface area contributed by atoms with E-state index in [0.717, 1.165) is 25.5 Å². The molecule has 1 aliphatic heterocycles. The Hall–Kier alpha value is -1.45. The van der Waals surface area contributed by atoms with E-state index in [1.807, 2.05) is 0 Å². The Morgan fingerprint density at radius 3 is 2.78 bits per heavy atom. The molecule has 1 saturated heterocycles. The van der Waals surface area contributed by atoms with E-state index in [9.17, 15) is 13.2 Å². The van der Waals surface area contributed by atoms with Gasteiger partial charge in [0.15, 0.2) is 12.1 Å². The highest BCUT2D eigenvalue weighted by Crippen LogP contribution is 2.42. The first-order valence-corrected chi connectivity index (χ1v) is 9.66. The largest absolute Gasteiger partial charge is 0.447 e. The van der Waals surface area contributed by atoms with Gasteiger partial charge in [-0.3, -0.25) is 4.79 Å². The van der Waals surface area contributed by atoms with Crippen LogP contribution in [0.3, 0.4) is 0 Å². The van der Waals surface area contributed by atoms with Gasteiger partial charge < -0.3 is 14.5 Å². The second-order valence-corrected chi connectivity index (χ2v) is 8.32. The molecule has 4 rings (SSSR count). The van der Waals surface area contributed by atoms with E-state index in [-0.39, 0.29) is 29.9 Å². The lowest BCUT2D eigenvalue weighted by atomic mass is 9.72. The number of hydrogen-bond acceptors (Lipinski definition) is 6. The van der Waals surface area contributed by atoms with Crippen LogP contribution >= 0.6 is 0 Å². The number of nitrogens with one attached hydrogen (secondary N) is 2. The molecule has 126 valence electrons. The highest BCUT2D eigenvalue weighted by Gasteiger charge is 2.55. The molecule has 2 saturated carbocycles. The van der Waals surface area contributed by atoms with E-state index in [1.54, 1.807) is 0 Å². The van der Waals surface area contributed by atoms with Gasteiger partial charge in [-0.15, -0.1) is 0 Å². The lowest BCUT2D eigenvalue weighted by Crippen LogP contribution is -2.70. The zero-order chi connectivity index (χ0) is 16.2. The highest BCUT2D eigenvalue weighted by atomic mass is 32.2. The number of carbonyl (C=O) groups excluding carboxylic acids is 1. The number of sulfonamides is 1. The van der Waals surface area contributed by atoms with E-state index in [0.29, 0.717) is 18.1 Å². The van der Waals surface area contributed by atoms with Crippen LogP contribution in [0.15, 0.2) is 10.8 Å². The minimum absolute atomic E-state index is 0.134. The number of nitrogens with zero attached hydrogens (tertiary/aromatic N) is 1. The van der Waals surface area contributed by atoms with Crippen LogP contribution in [0.5, 0.6) is 0 Å². The molecule has 2 aliphatic carbocycles. The second-order valence-electron chi connectivity index (χ2n) is 6.54. The van der Waals surface area contributed by atoms with Crippen LogP contribution in [0.1, 0.15) is 41.4 Å². The molecule has 0 aromatic carbocycles. The average Bonchev–Trinajstić information content (AvgIpc) is 3.05. The molecule has 0 bridgehead atoms. The number of amides is 1. The summed E-state index contributed by atoms with van der Waals surface area (Å²) < 4.78 is 36.5. The second kappa shape index (κ2) is 5.29. The number of ether oxygens (including phenoxy) is 1. The smallest absolute Gasteiger partial charge is 0.273 e. The van der Waals surface area contributed by atoms with Gasteiger partial charge in [-0.25, -0.2) is 18.1 Å². The molecular formula is C14H19N3O5S. The predicted molar refractivity (Wildman–Crippen MR) is 79.3 cm³/mol. The third-order valence-electron chi connectivity index (χ3n) is 4.79. The first-order chi connectivity index (χ1) is 10.9. The normalized spacial score (nSPS) is 33.1. The van der Waals surface area contributed by atoms with Crippen LogP contribution in [-0.4, -0.2) is 50.4 Å². The van der Waals surface area contributed by atoms with Crippen LogP contribution < -0.4 is 10.0 Å². The summed E-state index contributed by atoms with van der Waals surface area (Å²) in [6, 6.07) is -0.716. The minimum Gasteiger partial charge on any atom is -0.447 e. The molecule has 23 heavy (non-hydrogen) atoms. The molecule has 0 unspecified atom stereocenters. The lowest BCUT2D eigenvalue weighted by molar-refractivity contribution is -0.0194. The van der Waals surface area contributed by atoms with Gasteiger partial charge in [0.2, 0.25) is 10.0 Å². The summed E-state index contributed by atoms with van der Waals surface area (Å²) in [5.74, 6) is 0.742. The Morgan fingerprint density at radius 2 is 2.09 bits per heavy atom. The van der Waals surface area contributed by atoms with Crippen molar-refractivity contribution in [3.8, 4) is 0 Å². The minimum atomic E-state index is -3.37. The lowest BCUT2D eigenvalue weighted by Gasteiger charge is -2.47. The first-order valence-electron chi connectivity index (χ1n) is 7.77. The molecule has 1 aromatic heterocycles. The summed E-state index contributed by atoms with van der Waals surface area (Å²) >= 11 is 0. The maximum atomic E-state index is 12.5. The van der Waals surface area contributed by atoms with Crippen LogP contribution in [0.25, 0.3) is 0 Å². The van der Waals surface area contributed by atoms with Crippen molar-refractivity contribution in [3.63, 3.8) is 0 Å². The number of fused-ring (bicyclic) bond motifs is 1. The van der Waals surface area contributed by atoms with Gasteiger partial charge in [-0.1, -0.05) is 0 Å². The van der Waals surface area contributed by atoms with Gasteiger partial charge in [0, 0.05) is 18.4 Å². The molecule has 3 fully saturated rings. The summed E-state index contributed by atoms with van der Waals surface area (Å²) in [6.45, 7) is 0.584. The molecule has 8 nitrogen and oxygen atoms in total. The van der Waals surface area contributed by atoms with Gasteiger partial charge >= 0.3 is 0 Å². The van der Waals surface area contributed by atoms with E-state index in [2.05, 4.69) is 15.0 Å². The zero-order valence-electron chi connectivity index (χ0n) is 12.7. The summed E-state index contributed by atoms with van der Waals surface area (Å²) in [5, 5.41) is 2.92. The average molecular weight is 341 g/mol. The molecule has 2 heterocycles. The summed E-state index contributed by atoms with van der Waals surface area (Å²) in [5.41, 5.74) is 0.313. The number of oxazole rings is 1. The topological polar surface area (TPSA) is 111 Å². The molecular weight excluding hydrogens is 322 g/mol. The molecule has 1 aromatic rings. The van der Waals surface area contributed by atoms with Gasteiger partial charge in [0.25, 0.3) is 5.91 Å². The van der Waals surface area contributed by atoms with Crippen molar-refractivity contribution in [2.24, 2.45) is 5.92 Å². The van der Waals surface area contributed by atoms with Crippen molar-refractivity contribution in [2.75, 3.05) is 12.9 Å². The van der Waals surface area contributed by atoms with Gasteiger partial charge in [0.05, 0.1) is 24.4 Å². The van der Waals surface area contributed by atoms with Gasteiger partial charge in [-0.05, 0) is 19.3 Å². The van der Waals surface area contributed by atoms with Crippen molar-refractivity contribution in [2.45, 2.75) is 43.4 Å². The fourth-order valence-electron chi connectivity index (χ4n) is 3.57. The molecule has 2 N–H and O–H groups in total. The SMILES string of the molecule is CS(=O)(=O)N[C@H]1[C@H](NC(=O)c2ncoc2C2CC2)[C@@H]2CCO[C@@H]21. The van der Waals surface area contributed by atoms with Crippen molar-refractivity contribution in [1.29, 1.82) is 0 Å². The van der Waals surface area contributed by atoms with Crippen molar-refractivity contribution < 1.29 is 22.4 Å². The maximum absolute atomic E-state index is 12.5. The van der Waals surface area contributed by atoms with Gasteiger partial charge in [0.1, 0.15) is 5.76 Å². The summed E-state index contributed by atoms with van der Waals surface area (Å²) in [4.78, 5) is 16.5. The first kappa shape index (κ1) is 15.1. The Morgan fingerprint density at radius 1 is 1.30 bits per heavy atom. The summed E-state index contributed by atoms with van der Waals surface area (Å²) in [7, 11) is -3.37. The molecule has 4 atom stereocenters. The number of aromatic nitrogens is 1. The fourth-order valence-corrected chi connectivity index (χ4v) is 4.35. The van der Waals surface area contributed by atoms with Crippen molar-refractivity contribution in [3.05, 3.63) is 17.8 Å². The quantitative estimate of drug-likeness (QED) is 0.779.